The lowest BCUT2D eigenvalue weighted by Crippen LogP contribution is -1.85. The van der Waals surface area contributed by atoms with Gasteiger partial charge in [-0.2, -0.15) is 0 Å². The maximum atomic E-state index is 2.24. The molecule has 0 radical (unpaired) electrons. The first-order valence-corrected chi connectivity index (χ1v) is 6.53. The second-order valence-corrected chi connectivity index (χ2v) is 4.89. The molecule has 0 aliphatic heterocycles. The fourth-order valence-electron chi connectivity index (χ4n) is 2.43. The van der Waals surface area contributed by atoms with Crippen LogP contribution in [0.3, 0.4) is 0 Å². The van der Waals surface area contributed by atoms with Crippen molar-refractivity contribution in [3.63, 3.8) is 0 Å². The number of benzene rings is 2. The summed E-state index contributed by atoms with van der Waals surface area (Å²) in [4.78, 5) is 0. The smallest absolute Gasteiger partial charge is 0.0147 e. The summed E-state index contributed by atoms with van der Waals surface area (Å²) < 4.78 is 2.16. The maximum Gasteiger partial charge on any atom is 0.0147 e. The number of hydrogen-bond acceptors (Lipinski definition) is 0. The molecule has 3 aromatic rings. The summed E-state index contributed by atoms with van der Waals surface area (Å²) >= 11 is 0. The third-order valence-electron chi connectivity index (χ3n) is 3.58. The van der Waals surface area contributed by atoms with Gasteiger partial charge in [-0.05, 0) is 29.7 Å². The Morgan fingerprint density at radius 1 is 0.737 bits per heavy atom. The Morgan fingerprint density at radius 2 is 1.32 bits per heavy atom. The molecule has 0 saturated heterocycles. The number of aryl methyl sites for hydroxylation is 2. The molecule has 0 saturated carbocycles. The zero-order valence-corrected chi connectivity index (χ0v) is 11.3. The van der Waals surface area contributed by atoms with Crippen molar-refractivity contribution in [2.24, 2.45) is 7.05 Å². The molecule has 0 aliphatic rings. The van der Waals surface area contributed by atoms with Crippen LogP contribution < -0.4 is 0 Å². The highest BCUT2D eigenvalue weighted by Crippen LogP contribution is 2.32. The first-order chi connectivity index (χ1) is 9.25. The van der Waals surface area contributed by atoms with Crippen molar-refractivity contribution >= 4 is 0 Å². The van der Waals surface area contributed by atoms with E-state index in [0.29, 0.717) is 0 Å². The Hall–Kier alpha value is -2.28. The lowest BCUT2D eigenvalue weighted by Gasteiger charge is -2.08. The van der Waals surface area contributed by atoms with Crippen molar-refractivity contribution in [3.8, 4) is 22.3 Å². The largest absolute Gasteiger partial charge is 0.354 e. The summed E-state index contributed by atoms with van der Waals surface area (Å²) in [7, 11) is 2.09. The van der Waals surface area contributed by atoms with Crippen LogP contribution in [-0.4, -0.2) is 4.57 Å². The first-order valence-electron chi connectivity index (χ1n) is 6.53. The van der Waals surface area contributed by atoms with E-state index >= 15 is 0 Å². The average Bonchev–Trinajstić information content (AvgIpc) is 2.80. The van der Waals surface area contributed by atoms with E-state index in [0.717, 1.165) is 0 Å². The molecule has 19 heavy (non-hydrogen) atoms. The van der Waals surface area contributed by atoms with Crippen LogP contribution in [-0.2, 0) is 7.05 Å². The Morgan fingerprint density at radius 3 is 1.89 bits per heavy atom. The highest BCUT2D eigenvalue weighted by molar-refractivity contribution is 5.83. The molecule has 1 heterocycles. The van der Waals surface area contributed by atoms with Crippen LogP contribution in [0.4, 0.5) is 0 Å². The predicted octanol–water partition coefficient (Wildman–Crippen LogP) is 4.67. The molecule has 0 unspecified atom stereocenters. The standard InChI is InChI=1S/C18H17N/c1-14-12-16(13-19(14)2)18-11-7-6-10-17(18)15-8-4-3-5-9-15/h3-13H,1-2H3. The lowest BCUT2D eigenvalue weighted by molar-refractivity contribution is 0.883. The van der Waals surface area contributed by atoms with Gasteiger partial charge in [0.05, 0.1) is 0 Å². The molecule has 0 bridgehead atoms. The van der Waals surface area contributed by atoms with Crippen LogP contribution in [0.25, 0.3) is 22.3 Å². The molecule has 3 rings (SSSR count). The van der Waals surface area contributed by atoms with Crippen molar-refractivity contribution < 1.29 is 0 Å². The zero-order chi connectivity index (χ0) is 13.2. The van der Waals surface area contributed by atoms with E-state index in [-0.39, 0.29) is 0 Å². The summed E-state index contributed by atoms with van der Waals surface area (Å²) in [5.74, 6) is 0. The summed E-state index contributed by atoms with van der Waals surface area (Å²) in [6.45, 7) is 2.13. The minimum Gasteiger partial charge on any atom is -0.354 e. The van der Waals surface area contributed by atoms with E-state index in [1.807, 2.05) is 0 Å². The van der Waals surface area contributed by atoms with Crippen LogP contribution in [0.15, 0.2) is 66.9 Å². The van der Waals surface area contributed by atoms with Gasteiger partial charge in [-0.15, -0.1) is 0 Å². The van der Waals surface area contributed by atoms with Gasteiger partial charge >= 0.3 is 0 Å². The van der Waals surface area contributed by atoms with Gasteiger partial charge < -0.3 is 4.57 Å². The molecule has 0 fully saturated rings. The van der Waals surface area contributed by atoms with Gasteiger partial charge in [0.25, 0.3) is 0 Å². The fraction of sp³-hybridized carbons (Fsp3) is 0.111. The van der Waals surface area contributed by atoms with Crippen LogP contribution in [0, 0.1) is 6.92 Å². The summed E-state index contributed by atoms with van der Waals surface area (Å²) in [6.07, 6.45) is 2.19. The molecule has 1 aromatic heterocycles. The molecule has 0 N–H and O–H groups in total. The van der Waals surface area contributed by atoms with Crippen molar-refractivity contribution in [1.29, 1.82) is 0 Å². The minimum absolute atomic E-state index is 1.26. The topological polar surface area (TPSA) is 4.93 Å². The van der Waals surface area contributed by atoms with Gasteiger partial charge in [0.1, 0.15) is 0 Å². The molecule has 1 heteroatoms. The quantitative estimate of drug-likeness (QED) is 0.620. The van der Waals surface area contributed by atoms with Gasteiger partial charge in [0.2, 0.25) is 0 Å². The molecule has 1 nitrogen and oxygen atoms in total. The lowest BCUT2D eigenvalue weighted by atomic mass is 9.96. The van der Waals surface area contributed by atoms with E-state index in [1.165, 1.54) is 27.9 Å². The monoisotopic (exact) mass is 247 g/mol. The second kappa shape index (κ2) is 4.77. The Balaban J connectivity index is 2.18. The fourth-order valence-corrected chi connectivity index (χ4v) is 2.43. The van der Waals surface area contributed by atoms with Crippen molar-refractivity contribution in [3.05, 3.63) is 72.6 Å². The summed E-state index contributed by atoms with van der Waals surface area (Å²) in [5, 5.41) is 0. The van der Waals surface area contributed by atoms with E-state index < -0.39 is 0 Å². The third-order valence-corrected chi connectivity index (χ3v) is 3.58. The van der Waals surface area contributed by atoms with Crippen molar-refractivity contribution in [2.75, 3.05) is 0 Å². The Bertz CT molecular complexity index is 673. The molecular formula is C18H17N. The molecule has 94 valence electrons. The molecule has 0 spiro atoms. The van der Waals surface area contributed by atoms with Crippen molar-refractivity contribution in [2.45, 2.75) is 6.92 Å². The van der Waals surface area contributed by atoms with Crippen LogP contribution >= 0.6 is 0 Å². The van der Waals surface area contributed by atoms with E-state index in [2.05, 4.69) is 85.4 Å². The summed E-state index contributed by atoms with van der Waals surface area (Å²) in [6, 6.07) is 21.4. The minimum atomic E-state index is 1.26. The molecule has 2 aromatic carbocycles. The van der Waals surface area contributed by atoms with E-state index in [4.69, 9.17) is 0 Å². The number of hydrogen-bond donors (Lipinski definition) is 0. The Labute approximate surface area is 114 Å². The average molecular weight is 247 g/mol. The van der Waals surface area contributed by atoms with E-state index in [1.54, 1.807) is 0 Å². The van der Waals surface area contributed by atoms with Gasteiger partial charge in [-0.1, -0.05) is 54.6 Å². The summed E-state index contributed by atoms with van der Waals surface area (Å²) in [5.41, 5.74) is 6.39. The van der Waals surface area contributed by atoms with Gasteiger partial charge in [-0.3, -0.25) is 0 Å². The predicted molar refractivity (Wildman–Crippen MR) is 81.0 cm³/mol. The van der Waals surface area contributed by atoms with Crippen LogP contribution in [0.2, 0.25) is 0 Å². The highest BCUT2D eigenvalue weighted by atomic mass is 14.9. The molecule has 0 amide bonds. The van der Waals surface area contributed by atoms with Crippen LogP contribution in [0.1, 0.15) is 5.69 Å². The molecule has 0 atom stereocenters. The van der Waals surface area contributed by atoms with Crippen molar-refractivity contribution in [1.82, 2.24) is 4.57 Å². The van der Waals surface area contributed by atoms with Gasteiger partial charge in [-0.25, -0.2) is 0 Å². The normalized spacial score (nSPS) is 10.6. The number of aromatic nitrogens is 1. The SMILES string of the molecule is Cc1cc(-c2ccccc2-c2ccccc2)cn1C. The Kier molecular flexibility index (Phi) is 2.96. The highest BCUT2D eigenvalue weighted by Gasteiger charge is 2.08. The van der Waals surface area contributed by atoms with Gasteiger partial charge in [0, 0.05) is 24.5 Å². The van der Waals surface area contributed by atoms with E-state index in [9.17, 15) is 0 Å². The second-order valence-electron chi connectivity index (χ2n) is 4.89. The molecule has 0 aliphatic carbocycles. The maximum absolute atomic E-state index is 2.24. The third kappa shape index (κ3) is 2.19. The van der Waals surface area contributed by atoms with Crippen LogP contribution in [0.5, 0.6) is 0 Å². The number of rotatable bonds is 2. The van der Waals surface area contributed by atoms with Gasteiger partial charge in [0.15, 0.2) is 0 Å². The zero-order valence-electron chi connectivity index (χ0n) is 11.3. The first kappa shape index (κ1) is 11.8. The number of nitrogens with zero attached hydrogens (tertiary/aromatic N) is 1. The molecular weight excluding hydrogens is 230 g/mol.